The normalized spacial score (nSPS) is 21.6. The highest BCUT2D eigenvalue weighted by atomic mass is 35.5. The van der Waals surface area contributed by atoms with Gasteiger partial charge in [0.1, 0.15) is 0 Å². The second-order valence-corrected chi connectivity index (χ2v) is 4.47. The molecule has 2 N–H and O–H groups in total. The quantitative estimate of drug-likeness (QED) is 0.858. The van der Waals surface area contributed by atoms with Gasteiger partial charge in [0.15, 0.2) is 0 Å². The number of nitrogens with zero attached hydrogens (tertiary/aromatic N) is 2. The minimum absolute atomic E-state index is 0. The van der Waals surface area contributed by atoms with E-state index in [0.717, 1.165) is 24.7 Å². The van der Waals surface area contributed by atoms with Crippen LogP contribution in [0, 0.1) is 5.92 Å². The Morgan fingerprint density at radius 1 is 1.53 bits per heavy atom. The van der Waals surface area contributed by atoms with Crippen molar-refractivity contribution >= 4 is 12.4 Å². The number of aromatic nitrogens is 2. The molecule has 1 aliphatic rings. The lowest BCUT2D eigenvalue weighted by Crippen LogP contribution is -2.36. The predicted molar refractivity (Wildman–Crippen MR) is 71.3 cm³/mol. The van der Waals surface area contributed by atoms with Crippen molar-refractivity contribution < 1.29 is 0 Å². The van der Waals surface area contributed by atoms with Gasteiger partial charge >= 0.3 is 0 Å². The second kappa shape index (κ2) is 7.58. The molecule has 2 heterocycles. The van der Waals surface area contributed by atoms with Gasteiger partial charge in [-0.05, 0) is 45.3 Å². The molecule has 1 saturated heterocycles. The van der Waals surface area contributed by atoms with Crippen molar-refractivity contribution in [1.82, 2.24) is 20.6 Å². The van der Waals surface area contributed by atoms with Crippen LogP contribution in [0.5, 0.6) is 0 Å². The monoisotopic (exact) mass is 256 g/mol. The van der Waals surface area contributed by atoms with Gasteiger partial charge in [-0.15, -0.1) is 12.4 Å². The summed E-state index contributed by atoms with van der Waals surface area (Å²) in [4.78, 5) is 8.39. The smallest absolute Gasteiger partial charge is 0.0753 e. The summed E-state index contributed by atoms with van der Waals surface area (Å²) < 4.78 is 0. The zero-order valence-electron chi connectivity index (χ0n) is 10.2. The predicted octanol–water partition coefficient (Wildman–Crippen LogP) is 1.55. The molecule has 2 rings (SSSR count). The van der Waals surface area contributed by atoms with Crippen molar-refractivity contribution in [2.75, 3.05) is 19.6 Å². The lowest BCUT2D eigenvalue weighted by atomic mass is 9.99. The van der Waals surface area contributed by atoms with Gasteiger partial charge in [0.25, 0.3) is 0 Å². The molecular formula is C12H21ClN4. The van der Waals surface area contributed by atoms with Gasteiger partial charge in [-0.1, -0.05) is 0 Å². The third-order valence-electron chi connectivity index (χ3n) is 3.14. The fourth-order valence-electron chi connectivity index (χ4n) is 2.08. The van der Waals surface area contributed by atoms with Crippen molar-refractivity contribution in [3.63, 3.8) is 0 Å². The second-order valence-electron chi connectivity index (χ2n) is 4.47. The zero-order valence-corrected chi connectivity index (χ0v) is 11.0. The van der Waals surface area contributed by atoms with E-state index in [4.69, 9.17) is 0 Å². The largest absolute Gasteiger partial charge is 0.316 e. The molecule has 0 spiro atoms. The van der Waals surface area contributed by atoms with Gasteiger partial charge < -0.3 is 10.6 Å². The van der Waals surface area contributed by atoms with Crippen LogP contribution >= 0.6 is 12.4 Å². The third-order valence-corrected chi connectivity index (χ3v) is 3.14. The molecule has 1 aromatic heterocycles. The van der Waals surface area contributed by atoms with Crippen LogP contribution in [0.25, 0.3) is 0 Å². The minimum Gasteiger partial charge on any atom is -0.316 e. The van der Waals surface area contributed by atoms with Crippen LogP contribution < -0.4 is 10.6 Å². The fourth-order valence-corrected chi connectivity index (χ4v) is 2.08. The molecule has 1 aliphatic heterocycles. The van der Waals surface area contributed by atoms with Gasteiger partial charge in [0.05, 0.1) is 5.69 Å². The first-order valence-electron chi connectivity index (χ1n) is 6.06. The highest BCUT2D eigenvalue weighted by Crippen LogP contribution is 2.11. The molecule has 0 radical (unpaired) electrons. The lowest BCUT2D eigenvalue weighted by Gasteiger charge is -2.24. The molecule has 1 fully saturated rings. The van der Waals surface area contributed by atoms with Crippen molar-refractivity contribution in [3.05, 3.63) is 24.3 Å². The van der Waals surface area contributed by atoms with E-state index in [-0.39, 0.29) is 18.4 Å². The van der Waals surface area contributed by atoms with Crippen LogP contribution in [0.15, 0.2) is 18.6 Å². The lowest BCUT2D eigenvalue weighted by molar-refractivity contribution is 0.347. The summed E-state index contributed by atoms with van der Waals surface area (Å²) in [5, 5.41) is 6.96. The van der Waals surface area contributed by atoms with E-state index in [1.54, 1.807) is 12.4 Å². The molecule has 17 heavy (non-hydrogen) atoms. The van der Waals surface area contributed by atoms with Gasteiger partial charge in [-0.2, -0.15) is 0 Å². The summed E-state index contributed by atoms with van der Waals surface area (Å²) in [6, 6.07) is 0.288. The van der Waals surface area contributed by atoms with Crippen molar-refractivity contribution in [2.45, 2.75) is 25.8 Å². The van der Waals surface area contributed by atoms with E-state index in [1.807, 2.05) is 6.20 Å². The minimum atomic E-state index is 0. The number of halogens is 1. The van der Waals surface area contributed by atoms with E-state index < -0.39 is 0 Å². The molecular weight excluding hydrogens is 236 g/mol. The van der Waals surface area contributed by atoms with E-state index >= 15 is 0 Å². The van der Waals surface area contributed by atoms with Crippen molar-refractivity contribution in [2.24, 2.45) is 5.92 Å². The van der Waals surface area contributed by atoms with Crippen LogP contribution in [-0.2, 0) is 0 Å². The Hall–Kier alpha value is -0.710. The van der Waals surface area contributed by atoms with Crippen molar-refractivity contribution in [1.29, 1.82) is 0 Å². The molecule has 2 atom stereocenters. The standard InChI is InChI=1S/C12H20N4.ClH/c1-10(12-9-14-5-6-15-12)16-8-11-3-2-4-13-7-11;/h5-6,9-11,13,16H,2-4,7-8H2,1H3;1H. The van der Waals surface area contributed by atoms with E-state index in [1.165, 1.54) is 19.4 Å². The number of rotatable bonds is 4. The highest BCUT2D eigenvalue weighted by Gasteiger charge is 2.14. The summed E-state index contributed by atoms with van der Waals surface area (Å²) in [6.45, 7) is 5.52. The molecule has 0 aliphatic carbocycles. The molecule has 96 valence electrons. The first kappa shape index (κ1) is 14.4. The first-order valence-corrected chi connectivity index (χ1v) is 6.06. The van der Waals surface area contributed by atoms with Gasteiger partial charge in [0, 0.05) is 24.6 Å². The van der Waals surface area contributed by atoms with E-state index in [0.29, 0.717) is 0 Å². The van der Waals surface area contributed by atoms with Crippen LogP contribution in [0.4, 0.5) is 0 Å². The molecule has 1 aromatic rings. The summed E-state index contributed by atoms with van der Waals surface area (Å²) in [5.74, 6) is 0.757. The number of hydrogen-bond acceptors (Lipinski definition) is 4. The summed E-state index contributed by atoms with van der Waals surface area (Å²) >= 11 is 0. The molecule has 0 bridgehead atoms. The SMILES string of the molecule is CC(NCC1CCCNC1)c1cnccn1.Cl. The van der Waals surface area contributed by atoms with Gasteiger partial charge in [-0.25, -0.2) is 0 Å². The Morgan fingerprint density at radius 2 is 2.41 bits per heavy atom. The third kappa shape index (κ3) is 4.58. The molecule has 0 aromatic carbocycles. The average molecular weight is 257 g/mol. The Labute approximate surface area is 109 Å². The Balaban J connectivity index is 0.00000144. The molecule has 0 saturated carbocycles. The van der Waals surface area contributed by atoms with Gasteiger partial charge in [0.2, 0.25) is 0 Å². The number of hydrogen-bond donors (Lipinski definition) is 2. The van der Waals surface area contributed by atoms with Gasteiger partial charge in [-0.3, -0.25) is 9.97 Å². The Kier molecular flexibility index (Phi) is 6.40. The Bertz CT molecular complexity index is 301. The number of nitrogens with one attached hydrogen (secondary N) is 2. The highest BCUT2D eigenvalue weighted by molar-refractivity contribution is 5.85. The summed E-state index contributed by atoms with van der Waals surface area (Å²) in [5.41, 5.74) is 1.02. The van der Waals surface area contributed by atoms with E-state index in [9.17, 15) is 0 Å². The van der Waals surface area contributed by atoms with Crippen LogP contribution in [0.2, 0.25) is 0 Å². The van der Waals surface area contributed by atoms with Crippen LogP contribution in [0.3, 0.4) is 0 Å². The molecule has 2 unspecified atom stereocenters. The topological polar surface area (TPSA) is 49.8 Å². The van der Waals surface area contributed by atoms with Crippen LogP contribution in [0.1, 0.15) is 31.5 Å². The van der Waals surface area contributed by atoms with Crippen LogP contribution in [-0.4, -0.2) is 29.6 Å². The zero-order chi connectivity index (χ0) is 11.2. The molecule has 0 amide bonds. The van der Waals surface area contributed by atoms with E-state index in [2.05, 4.69) is 27.5 Å². The maximum Gasteiger partial charge on any atom is 0.0753 e. The molecule has 5 heteroatoms. The first-order chi connectivity index (χ1) is 7.86. The average Bonchev–Trinajstić information content (AvgIpc) is 2.38. The van der Waals surface area contributed by atoms with Crippen molar-refractivity contribution in [3.8, 4) is 0 Å². The number of piperidine rings is 1. The Morgan fingerprint density at radius 3 is 3.06 bits per heavy atom. The summed E-state index contributed by atoms with van der Waals surface area (Å²) in [7, 11) is 0. The maximum absolute atomic E-state index is 4.30. The maximum atomic E-state index is 4.30. The summed E-state index contributed by atoms with van der Waals surface area (Å²) in [6.07, 6.45) is 7.91. The molecule has 4 nitrogen and oxygen atoms in total. The fraction of sp³-hybridized carbons (Fsp3) is 0.667.